The second kappa shape index (κ2) is 12.5. The highest BCUT2D eigenvalue weighted by molar-refractivity contribution is 14.0. The molecule has 30 heavy (non-hydrogen) atoms. The van der Waals surface area contributed by atoms with Crippen LogP contribution in [0.15, 0.2) is 29.3 Å². The number of aliphatic imine (C=N–C) groups is 1. The van der Waals surface area contributed by atoms with Gasteiger partial charge in [-0.1, -0.05) is 36.6 Å². The summed E-state index contributed by atoms with van der Waals surface area (Å²) >= 11 is 6.30. The topological polar surface area (TPSA) is 54.9 Å². The van der Waals surface area contributed by atoms with E-state index in [4.69, 9.17) is 21.1 Å². The Morgan fingerprint density at radius 3 is 2.47 bits per heavy atom. The van der Waals surface area contributed by atoms with Crippen LogP contribution in [0.1, 0.15) is 50.5 Å². The number of ether oxygens (including phenoxy) is 2. The molecule has 0 atom stereocenters. The summed E-state index contributed by atoms with van der Waals surface area (Å²) in [5.41, 5.74) is 1.63. The van der Waals surface area contributed by atoms with Crippen molar-refractivity contribution in [3.05, 3.63) is 34.9 Å². The van der Waals surface area contributed by atoms with Gasteiger partial charge in [-0.2, -0.15) is 0 Å². The van der Waals surface area contributed by atoms with E-state index in [1.54, 1.807) is 7.11 Å². The number of nitrogens with one attached hydrogen (secondary N) is 2. The lowest BCUT2D eigenvalue weighted by molar-refractivity contribution is 0.0513. The van der Waals surface area contributed by atoms with Gasteiger partial charge < -0.3 is 20.1 Å². The first-order chi connectivity index (χ1) is 14.1. The molecular formula is C23H37ClIN3O2. The van der Waals surface area contributed by atoms with Gasteiger partial charge in [0.2, 0.25) is 0 Å². The third-order valence-electron chi connectivity index (χ3n) is 6.84. The molecule has 0 amide bonds. The van der Waals surface area contributed by atoms with Gasteiger partial charge in [-0.05, 0) is 55.2 Å². The quantitative estimate of drug-likeness (QED) is 0.279. The van der Waals surface area contributed by atoms with Crippen molar-refractivity contribution in [2.45, 2.75) is 50.4 Å². The maximum Gasteiger partial charge on any atom is 0.191 e. The number of halogens is 2. The van der Waals surface area contributed by atoms with Crippen molar-refractivity contribution in [2.24, 2.45) is 10.4 Å². The van der Waals surface area contributed by atoms with Crippen LogP contribution in [0, 0.1) is 5.41 Å². The number of rotatable bonds is 8. The summed E-state index contributed by atoms with van der Waals surface area (Å²) in [5.74, 6) is 0.876. The third-order valence-corrected chi connectivity index (χ3v) is 7.07. The molecule has 0 unspecified atom stereocenters. The summed E-state index contributed by atoms with van der Waals surface area (Å²) in [5, 5.41) is 8.00. The lowest BCUT2D eigenvalue weighted by atomic mass is 9.74. The largest absolute Gasteiger partial charge is 0.385 e. The number of hydrogen-bond acceptors (Lipinski definition) is 3. The molecule has 2 aliphatic rings. The summed E-state index contributed by atoms with van der Waals surface area (Å²) < 4.78 is 11.0. The Hall–Kier alpha value is -0.570. The van der Waals surface area contributed by atoms with Crippen LogP contribution in [0.3, 0.4) is 0 Å². The van der Waals surface area contributed by atoms with E-state index in [0.29, 0.717) is 5.41 Å². The van der Waals surface area contributed by atoms with Crippen LogP contribution in [0.2, 0.25) is 5.02 Å². The second-order valence-corrected chi connectivity index (χ2v) is 9.07. The van der Waals surface area contributed by atoms with Crippen LogP contribution >= 0.6 is 35.6 Å². The molecular weight excluding hydrogens is 513 g/mol. The highest BCUT2D eigenvalue weighted by Gasteiger charge is 2.36. The van der Waals surface area contributed by atoms with Crippen LogP contribution < -0.4 is 10.6 Å². The summed E-state index contributed by atoms with van der Waals surface area (Å²) in [7, 11) is 3.64. The van der Waals surface area contributed by atoms with Crippen molar-refractivity contribution in [2.75, 3.05) is 47.1 Å². The molecule has 0 spiro atoms. The minimum absolute atomic E-state index is 0. The minimum atomic E-state index is 0. The Morgan fingerprint density at radius 1 is 1.13 bits per heavy atom. The number of hydrogen-bond donors (Lipinski definition) is 2. The van der Waals surface area contributed by atoms with Crippen molar-refractivity contribution in [3.8, 4) is 0 Å². The Kier molecular flexibility index (Phi) is 10.7. The number of nitrogens with zero attached hydrogens (tertiary/aromatic N) is 1. The first-order valence-corrected chi connectivity index (χ1v) is 11.3. The number of guanidine groups is 1. The van der Waals surface area contributed by atoms with E-state index in [1.807, 2.05) is 19.2 Å². The summed E-state index contributed by atoms with van der Waals surface area (Å²) in [4.78, 5) is 4.49. The monoisotopic (exact) mass is 549 g/mol. The van der Waals surface area contributed by atoms with Crippen molar-refractivity contribution >= 4 is 41.5 Å². The van der Waals surface area contributed by atoms with Crippen LogP contribution in [0.5, 0.6) is 0 Å². The molecule has 1 aliphatic carbocycles. The molecule has 2 N–H and O–H groups in total. The smallest absolute Gasteiger partial charge is 0.191 e. The van der Waals surface area contributed by atoms with E-state index < -0.39 is 0 Å². The zero-order chi connectivity index (χ0) is 20.6. The molecule has 2 fully saturated rings. The third kappa shape index (κ3) is 6.71. The van der Waals surface area contributed by atoms with Crippen LogP contribution in [0.4, 0.5) is 0 Å². The van der Waals surface area contributed by atoms with E-state index in [9.17, 15) is 0 Å². The van der Waals surface area contributed by atoms with Crippen molar-refractivity contribution in [1.29, 1.82) is 0 Å². The Labute approximate surface area is 203 Å². The summed E-state index contributed by atoms with van der Waals surface area (Å²) in [6.45, 7) is 4.15. The fraction of sp³-hybridized carbons (Fsp3) is 0.696. The fourth-order valence-electron chi connectivity index (χ4n) is 4.85. The minimum Gasteiger partial charge on any atom is -0.385 e. The molecule has 5 nitrogen and oxygen atoms in total. The molecule has 7 heteroatoms. The van der Waals surface area contributed by atoms with Crippen LogP contribution in [0.25, 0.3) is 0 Å². The van der Waals surface area contributed by atoms with Crippen LogP contribution in [-0.4, -0.2) is 53.0 Å². The highest BCUT2D eigenvalue weighted by Crippen LogP contribution is 2.40. The lowest BCUT2D eigenvalue weighted by Gasteiger charge is -2.38. The predicted octanol–water partition coefficient (Wildman–Crippen LogP) is 4.77. The SMILES string of the molecule is CN=C(NCC1(CCOC)CCCC1)NCC1(c2cccc(Cl)c2)CCOCC1.I. The van der Waals surface area contributed by atoms with E-state index in [0.717, 1.165) is 63.2 Å². The zero-order valence-corrected chi connectivity index (χ0v) is 21.4. The van der Waals surface area contributed by atoms with Crippen molar-refractivity contribution in [3.63, 3.8) is 0 Å². The lowest BCUT2D eigenvalue weighted by Crippen LogP contribution is -2.49. The van der Waals surface area contributed by atoms with E-state index in [-0.39, 0.29) is 29.4 Å². The molecule has 1 aromatic carbocycles. The Morgan fingerprint density at radius 2 is 1.83 bits per heavy atom. The van der Waals surface area contributed by atoms with Crippen molar-refractivity contribution in [1.82, 2.24) is 10.6 Å². The maximum absolute atomic E-state index is 6.30. The molecule has 1 aliphatic heterocycles. The molecule has 170 valence electrons. The first kappa shape index (κ1) is 25.7. The van der Waals surface area contributed by atoms with Gasteiger partial charge in [0.05, 0.1) is 0 Å². The number of benzene rings is 1. The van der Waals surface area contributed by atoms with E-state index >= 15 is 0 Å². The molecule has 0 radical (unpaired) electrons. The van der Waals surface area contributed by atoms with Gasteiger partial charge >= 0.3 is 0 Å². The number of methoxy groups -OCH3 is 1. The Balaban J connectivity index is 0.00000320. The predicted molar refractivity (Wildman–Crippen MR) is 135 cm³/mol. The Bertz CT molecular complexity index is 674. The molecule has 1 heterocycles. The van der Waals surface area contributed by atoms with E-state index in [1.165, 1.54) is 31.2 Å². The maximum atomic E-state index is 6.30. The zero-order valence-electron chi connectivity index (χ0n) is 18.3. The molecule has 1 aromatic rings. The molecule has 3 rings (SSSR count). The molecule has 1 saturated heterocycles. The molecule has 0 aromatic heterocycles. The van der Waals surface area contributed by atoms with Gasteiger partial charge in [0, 0.05) is 57.5 Å². The van der Waals surface area contributed by atoms with E-state index in [2.05, 4.69) is 27.8 Å². The average Bonchev–Trinajstić information content (AvgIpc) is 3.22. The van der Waals surface area contributed by atoms with Crippen LogP contribution in [-0.2, 0) is 14.9 Å². The highest BCUT2D eigenvalue weighted by atomic mass is 127. The fourth-order valence-corrected chi connectivity index (χ4v) is 5.04. The van der Waals surface area contributed by atoms with Gasteiger partial charge in [-0.3, -0.25) is 4.99 Å². The standard InChI is InChI=1S/C23H36ClN3O2.HI/c1-25-21(26-17-22(10-13-28-2)8-3-4-9-22)27-18-23(11-14-29-15-12-23)19-6-5-7-20(24)16-19;/h5-7,16H,3-4,8-15,17-18H2,1-2H3,(H2,25,26,27);1H. The molecule has 0 bridgehead atoms. The summed E-state index contributed by atoms with van der Waals surface area (Å²) in [6.07, 6.45) is 8.24. The normalized spacial score (nSPS) is 20.4. The average molecular weight is 550 g/mol. The summed E-state index contributed by atoms with van der Waals surface area (Å²) in [6, 6.07) is 8.27. The van der Waals surface area contributed by atoms with Gasteiger partial charge in [0.15, 0.2) is 5.96 Å². The van der Waals surface area contributed by atoms with Gasteiger partial charge in [-0.25, -0.2) is 0 Å². The van der Waals surface area contributed by atoms with Gasteiger partial charge in [0.1, 0.15) is 0 Å². The first-order valence-electron chi connectivity index (χ1n) is 10.9. The second-order valence-electron chi connectivity index (χ2n) is 8.63. The molecule has 1 saturated carbocycles. The van der Waals surface area contributed by atoms with Gasteiger partial charge in [0.25, 0.3) is 0 Å². The van der Waals surface area contributed by atoms with Crippen molar-refractivity contribution < 1.29 is 9.47 Å². The van der Waals surface area contributed by atoms with Gasteiger partial charge in [-0.15, -0.1) is 24.0 Å².